The predicted octanol–water partition coefficient (Wildman–Crippen LogP) is 0.959. The molecule has 0 aromatic carbocycles. The van der Waals surface area contributed by atoms with Gasteiger partial charge in [-0.1, -0.05) is 13.8 Å². The van der Waals surface area contributed by atoms with Crippen molar-refractivity contribution in [3.8, 4) is 6.07 Å². The number of aromatic nitrogens is 2. The van der Waals surface area contributed by atoms with Crippen molar-refractivity contribution in [2.24, 2.45) is 0 Å². The van der Waals surface area contributed by atoms with Crippen molar-refractivity contribution in [1.82, 2.24) is 9.97 Å². The number of aromatic amines is 1. The number of hydrogen-bond donors (Lipinski definition) is 1. The summed E-state index contributed by atoms with van der Waals surface area (Å²) in [5.41, 5.74) is 1.25. The topological polar surface area (TPSA) is 69.5 Å². The maximum atomic E-state index is 10.9. The average molecular weight is 177 g/mol. The van der Waals surface area contributed by atoms with Crippen LogP contribution in [0.4, 0.5) is 0 Å². The van der Waals surface area contributed by atoms with E-state index in [0.717, 1.165) is 11.3 Å². The monoisotopic (exact) mass is 177 g/mol. The van der Waals surface area contributed by atoms with Crippen LogP contribution in [-0.2, 0) is 6.42 Å². The molecule has 13 heavy (non-hydrogen) atoms. The van der Waals surface area contributed by atoms with Crippen LogP contribution >= 0.6 is 0 Å². The first kappa shape index (κ1) is 9.46. The molecular formula is C9H11N3O. The third-order valence-corrected chi connectivity index (χ3v) is 1.77. The summed E-state index contributed by atoms with van der Waals surface area (Å²) in [5.74, 6) is 0.207. The Bertz CT molecular complexity index is 387. The van der Waals surface area contributed by atoms with Crippen LogP contribution in [0.5, 0.6) is 0 Å². The summed E-state index contributed by atoms with van der Waals surface area (Å²) >= 11 is 0. The molecule has 0 atom stereocenters. The van der Waals surface area contributed by atoms with E-state index in [9.17, 15) is 4.79 Å². The quantitative estimate of drug-likeness (QED) is 0.731. The van der Waals surface area contributed by atoms with Gasteiger partial charge in [-0.3, -0.25) is 0 Å². The van der Waals surface area contributed by atoms with Gasteiger partial charge in [-0.2, -0.15) is 5.26 Å². The smallest absolute Gasteiger partial charge is 0.309 e. The fourth-order valence-corrected chi connectivity index (χ4v) is 1.18. The highest BCUT2D eigenvalue weighted by Crippen LogP contribution is 2.14. The highest BCUT2D eigenvalue weighted by Gasteiger charge is 2.07. The van der Waals surface area contributed by atoms with Gasteiger partial charge in [0.15, 0.2) is 0 Å². The minimum atomic E-state index is -0.356. The Morgan fingerprint density at radius 2 is 2.38 bits per heavy atom. The molecule has 1 aromatic heterocycles. The van der Waals surface area contributed by atoms with Crippen LogP contribution in [0.25, 0.3) is 0 Å². The lowest BCUT2D eigenvalue weighted by Gasteiger charge is -2.08. The first-order valence-electron chi connectivity index (χ1n) is 4.10. The van der Waals surface area contributed by atoms with Crippen LogP contribution < -0.4 is 5.69 Å². The molecular weight excluding hydrogens is 166 g/mol. The second-order valence-corrected chi connectivity index (χ2v) is 3.12. The first-order valence-corrected chi connectivity index (χ1v) is 4.10. The van der Waals surface area contributed by atoms with Crippen molar-refractivity contribution in [2.75, 3.05) is 0 Å². The van der Waals surface area contributed by atoms with Crippen molar-refractivity contribution in [2.45, 2.75) is 26.2 Å². The molecule has 1 rings (SSSR count). The third-order valence-electron chi connectivity index (χ3n) is 1.77. The summed E-state index contributed by atoms with van der Waals surface area (Å²) < 4.78 is 0. The molecule has 1 heterocycles. The lowest BCUT2D eigenvalue weighted by molar-refractivity contribution is 0.783. The Morgan fingerprint density at radius 1 is 1.69 bits per heavy atom. The third kappa shape index (κ3) is 2.15. The van der Waals surface area contributed by atoms with Crippen LogP contribution in [0.1, 0.15) is 31.0 Å². The molecule has 0 bridgehead atoms. The molecule has 0 fully saturated rings. The molecule has 1 N–H and O–H groups in total. The van der Waals surface area contributed by atoms with E-state index in [1.807, 2.05) is 19.9 Å². The van der Waals surface area contributed by atoms with Crippen LogP contribution in [0.15, 0.2) is 11.0 Å². The SMILES string of the molecule is CC(C)c1[nH]c(=O)ncc1CC#N. The van der Waals surface area contributed by atoms with E-state index in [0.29, 0.717) is 0 Å². The zero-order valence-electron chi connectivity index (χ0n) is 7.66. The Hall–Kier alpha value is -1.63. The van der Waals surface area contributed by atoms with Gasteiger partial charge in [-0.05, 0) is 5.92 Å². The number of rotatable bonds is 2. The van der Waals surface area contributed by atoms with Gasteiger partial charge in [0.2, 0.25) is 0 Å². The fourth-order valence-electron chi connectivity index (χ4n) is 1.18. The van der Waals surface area contributed by atoms with Gasteiger partial charge in [0.1, 0.15) is 0 Å². The molecule has 0 aliphatic rings. The van der Waals surface area contributed by atoms with Gasteiger partial charge in [-0.15, -0.1) is 0 Å². The summed E-state index contributed by atoms with van der Waals surface area (Å²) in [7, 11) is 0. The summed E-state index contributed by atoms with van der Waals surface area (Å²) in [6, 6.07) is 2.04. The normalized spacial score (nSPS) is 10.0. The van der Waals surface area contributed by atoms with Gasteiger partial charge in [0.25, 0.3) is 0 Å². The lowest BCUT2D eigenvalue weighted by atomic mass is 10.0. The van der Waals surface area contributed by atoms with Crippen molar-refractivity contribution in [1.29, 1.82) is 5.26 Å². The molecule has 0 saturated heterocycles. The van der Waals surface area contributed by atoms with E-state index in [4.69, 9.17) is 5.26 Å². The second-order valence-electron chi connectivity index (χ2n) is 3.12. The molecule has 0 aliphatic carbocycles. The second kappa shape index (κ2) is 3.85. The molecule has 0 unspecified atom stereocenters. The summed E-state index contributed by atoms with van der Waals surface area (Å²) in [6.45, 7) is 3.93. The molecule has 4 heteroatoms. The van der Waals surface area contributed by atoms with E-state index in [1.165, 1.54) is 6.20 Å². The number of hydrogen-bond acceptors (Lipinski definition) is 3. The van der Waals surface area contributed by atoms with E-state index >= 15 is 0 Å². The van der Waals surface area contributed by atoms with Crippen molar-refractivity contribution in [3.63, 3.8) is 0 Å². The van der Waals surface area contributed by atoms with Crippen molar-refractivity contribution < 1.29 is 0 Å². The van der Waals surface area contributed by atoms with E-state index in [-0.39, 0.29) is 18.0 Å². The molecule has 0 aliphatic heterocycles. The zero-order valence-corrected chi connectivity index (χ0v) is 7.66. The Balaban J connectivity index is 3.20. The molecule has 0 saturated carbocycles. The highest BCUT2D eigenvalue weighted by atomic mass is 16.1. The van der Waals surface area contributed by atoms with Gasteiger partial charge >= 0.3 is 5.69 Å². The molecule has 1 aromatic rings. The Morgan fingerprint density at radius 3 is 2.92 bits per heavy atom. The van der Waals surface area contributed by atoms with E-state index < -0.39 is 0 Å². The maximum absolute atomic E-state index is 10.9. The first-order chi connectivity index (χ1) is 6.15. The Kier molecular flexibility index (Phi) is 2.80. The van der Waals surface area contributed by atoms with Crippen LogP contribution in [0.3, 0.4) is 0 Å². The minimum Gasteiger partial charge on any atom is -0.309 e. The summed E-state index contributed by atoms with van der Waals surface area (Å²) in [4.78, 5) is 17.1. The fraction of sp³-hybridized carbons (Fsp3) is 0.444. The largest absolute Gasteiger partial charge is 0.345 e. The zero-order chi connectivity index (χ0) is 9.84. The minimum absolute atomic E-state index is 0.207. The molecule has 0 spiro atoms. The van der Waals surface area contributed by atoms with Gasteiger partial charge in [-0.25, -0.2) is 9.78 Å². The lowest BCUT2D eigenvalue weighted by Crippen LogP contribution is -2.15. The number of H-pyrrole nitrogens is 1. The Labute approximate surface area is 76.2 Å². The number of nitrogens with zero attached hydrogens (tertiary/aromatic N) is 2. The molecule has 4 nitrogen and oxygen atoms in total. The molecule has 0 amide bonds. The van der Waals surface area contributed by atoms with E-state index in [1.54, 1.807) is 0 Å². The van der Waals surface area contributed by atoms with E-state index in [2.05, 4.69) is 9.97 Å². The standard InChI is InChI=1S/C9H11N3O/c1-6(2)8-7(3-4-10)5-11-9(13)12-8/h5-6H,3H2,1-2H3,(H,11,12,13). The van der Waals surface area contributed by atoms with Crippen LogP contribution in [0, 0.1) is 11.3 Å². The predicted molar refractivity (Wildman–Crippen MR) is 48.3 cm³/mol. The van der Waals surface area contributed by atoms with Crippen molar-refractivity contribution in [3.05, 3.63) is 27.9 Å². The molecule has 0 radical (unpaired) electrons. The summed E-state index contributed by atoms with van der Waals surface area (Å²) in [5, 5.41) is 8.53. The van der Waals surface area contributed by atoms with Crippen LogP contribution in [0.2, 0.25) is 0 Å². The van der Waals surface area contributed by atoms with Gasteiger partial charge < -0.3 is 4.98 Å². The average Bonchev–Trinajstić information content (AvgIpc) is 2.08. The van der Waals surface area contributed by atoms with Gasteiger partial charge in [0.05, 0.1) is 12.5 Å². The van der Waals surface area contributed by atoms with Crippen LogP contribution in [-0.4, -0.2) is 9.97 Å². The number of nitrogens with one attached hydrogen (secondary N) is 1. The number of nitriles is 1. The maximum Gasteiger partial charge on any atom is 0.345 e. The highest BCUT2D eigenvalue weighted by molar-refractivity contribution is 5.22. The van der Waals surface area contributed by atoms with Gasteiger partial charge in [0, 0.05) is 17.5 Å². The molecule has 68 valence electrons. The van der Waals surface area contributed by atoms with Crippen molar-refractivity contribution >= 4 is 0 Å². The summed E-state index contributed by atoms with van der Waals surface area (Å²) in [6.07, 6.45) is 1.76.